The molecule has 4 rings (SSSR count). The predicted molar refractivity (Wildman–Crippen MR) is 119 cm³/mol. The molecular formula is C25H22FN3O2. The van der Waals surface area contributed by atoms with Crippen molar-refractivity contribution in [1.29, 1.82) is 0 Å². The lowest BCUT2D eigenvalue weighted by Crippen LogP contribution is -2.45. The second-order valence-electron chi connectivity index (χ2n) is 7.54. The van der Waals surface area contributed by atoms with Crippen LogP contribution in [-0.2, 0) is 4.79 Å². The number of aryl methyl sites for hydroxylation is 2. The third kappa shape index (κ3) is 3.78. The number of amides is 1. The van der Waals surface area contributed by atoms with Gasteiger partial charge in [0.1, 0.15) is 5.82 Å². The van der Waals surface area contributed by atoms with Crippen molar-refractivity contribution in [3.63, 3.8) is 0 Å². The van der Waals surface area contributed by atoms with Gasteiger partial charge in [0.2, 0.25) is 0 Å². The Morgan fingerprint density at radius 3 is 2.35 bits per heavy atom. The fraction of sp³-hybridized carbons (Fsp3) is 0.160. The summed E-state index contributed by atoms with van der Waals surface area (Å²) in [5, 5.41) is 0. The molecule has 5 nitrogen and oxygen atoms in total. The number of rotatable bonds is 4. The lowest BCUT2D eigenvalue weighted by molar-refractivity contribution is -0.119. The third-order valence-electron chi connectivity index (χ3n) is 5.43. The maximum atomic E-state index is 14.6. The number of hydrogen-bond acceptors (Lipinski definition) is 4. The molecule has 0 saturated heterocycles. The molecular weight excluding hydrogens is 393 g/mol. The number of halogens is 1. The number of benzene rings is 3. The van der Waals surface area contributed by atoms with Crippen molar-refractivity contribution in [2.24, 2.45) is 10.7 Å². The number of carbonyl (C=O) groups is 2. The number of nitrogens with two attached hydrogens (primary N) is 1. The summed E-state index contributed by atoms with van der Waals surface area (Å²) in [7, 11) is 0. The summed E-state index contributed by atoms with van der Waals surface area (Å²) in [5.74, 6) is -1.18. The summed E-state index contributed by atoms with van der Waals surface area (Å²) in [5.41, 5.74) is 9.87. The number of anilines is 1. The lowest BCUT2D eigenvalue weighted by atomic mass is 9.97. The standard InChI is InChI=1S/C25H22FN3O2/c1-15-8-3-4-10-17(15)21(30)14-29-23-16(2)9-7-12-19(23)22(28-24(27)25(29)31)18-11-5-6-13-20(18)26/h3-13,24H,14,27H2,1-2H3/t24-/m0/s1. The zero-order valence-electron chi connectivity index (χ0n) is 17.3. The van der Waals surface area contributed by atoms with Gasteiger partial charge < -0.3 is 10.6 Å². The van der Waals surface area contributed by atoms with Crippen LogP contribution in [0.1, 0.15) is 32.6 Å². The highest BCUT2D eigenvalue weighted by atomic mass is 19.1. The van der Waals surface area contributed by atoms with Crippen molar-refractivity contribution in [2.75, 3.05) is 11.4 Å². The number of carbonyl (C=O) groups excluding carboxylic acids is 2. The maximum absolute atomic E-state index is 14.6. The first-order valence-corrected chi connectivity index (χ1v) is 9.97. The fourth-order valence-corrected chi connectivity index (χ4v) is 3.88. The Bertz CT molecular complexity index is 1220. The predicted octanol–water partition coefficient (Wildman–Crippen LogP) is 3.79. The molecule has 6 heteroatoms. The topological polar surface area (TPSA) is 75.8 Å². The summed E-state index contributed by atoms with van der Waals surface area (Å²) >= 11 is 0. The molecule has 1 amide bonds. The van der Waals surface area contributed by atoms with E-state index in [2.05, 4.69) is 4.99 Å². The van der Waals surface area contributed by atoms with Gasteiger partial charge in [0.05, 0.1) is 17.9 Å². The molecule has 0 aliphatic carbocycles. The molecule has 1 heterocycles. The average Bonchev–Trinajstić information content (AvgIpc) is 2.85. The van der Waals surface area contributed by atoms with Crippen LogP contribution in [0.15, 0.2) is 71.7 Å². The lowest BCUT2D eigenvalue weighted by Gasteiger charge is -2.25. The highest BCUT2D eigenvalue weighted by Crippen LogP contribution is 2.32. The summed E-state index contributed by atoms with van der Waals surface area (Å²) in [6.07, 6.45) is -1.26. The van der Waals surface area contributed by atoms with Crippen molar-refractivity contribution in [3.05, 3.63) is 100 Å². The van der Waals surface area contributed by atoms with Gasteiger partial charge in [-0.05, 0) is 37.1 Å². The van der Waals surface area contributed by atoms with Crippen LogP contribution in [0.25, 0.3) is 0 Å². The van der Waals surface area contributed by atoms with Crippen LogP contribution in [-0.4, -0.2) is 30.1 Å². The molecule has 0 aromatic heterocycles. The Morgan fingerprint density at radius 1 is 0.968 bits per heavy atom. The van der Waals surface area contributed by atoms with Gasteiger partial charge in [-0.15, -0.1) is 0 Å². The number of fused-ring (bicyclic) bond motifs is 1. The van der Waals surface area contributed by atoms with E-state index in [0.29, 0.717) is 22.5 Å². The molecule has 1 atom stereocenters. The molecule has 31 heavy (non-hydrogen) atoms. The molecule has 1 aliphatic rings. The number of hydrogen-bond donors (Lipinski definition) is 1. The molecule has 0 radical (unpaired) electrons. The number of nitrogens with zero attached hydrogens (tertiary/aromatic N) is 2. The van der Waals surface area contributed by atoms with Crippen LogP contribution in [0.4, 0.5) is 10.1 Å². The zero-order chi connectivity index (χ0) is 22.1. The van der Waals surface area contributed by atoms with Crippen LogP contribution >= 0.6 is 0 Å². The van der Waals surface area contributed by atoms with Gasteiger partial charge in [-0.2, -0.15) is 0 Å². The van der Waals surface area contributed by atoms with Crippen molar-refractivity contribution in [3.8, 4) is 0 Å². The Balaban J connectivity index is 1.85. The molecule has 2 N–H and O–H groups in total. The average molecular weight is 415 g/mol. The molecule has 3 aromatic carbocycles. The van der Waals surface area contributed by atoms with Gasteiger partial charge in [-0.25, -0.2) is 4.39 Å². The highest BCUT2D eigenvalue weighted by molar-refractivity contribution is 6.21. The minimum Gasteiger partial charge on any atom is -0.302 e. The van der Waals surface area contributed by atoms with E-state index < -0.39 is 17.9 Å². The first-order chi connectivity index (χ1) is 14.9. The highest BCUT2D eigenvalue weighted by Gasteiger charge is 2.33. The Kier molecular flexibility index (Phi) is 5.48. The second kappa shape index (κ2) is 8.24. The number of aliphatic imine (C=N–C) groups is 1. The van der Waals surface area contributed by atoms with E-state index in [-0.39, 0.29) is 17.9 Å². The maximum Gasteiger partial charge on any atom is 0.266 e. The minimum atomic E-state index is -1.26. The van der Waals surface area contributed by atoms with Gasteiger partial charge >= 0.3 is 0 Å². The number of benzodiazepines with no additional fused rings is 1. The summed E-state index contributed by atoms with van der Waals surface area (Å²) in [4.78, 5) is 32.1. The largest absolute Gasteiger partial charge is 0.302 e. The molecule has 0 saturated carbocycles. The first kappa shape index (κ1) is 20.6. The molecule has 0 fully saturated rings. The van der Waals surface area contributed by atoms with Crippen molar-refractivity contribution >= 4 is 23.1 Å². The van der Waals surface area contributed by atoms with Gasteiger partial charge in [-0.1, -0.05) is 54.6 Å². The third-order valence-corrected chi connectivity index (χ3v) is 5.43. The normalized spacial score (nSPS) is 15.9. The minimum absolute atomic E-state index is 0.185. The number of para-hydroxylation sites is 1. The van der Waals surface area contributed by atoms with Gasteiger partial charge in [0.25, 0.3) is 5.91 Å². The molecule has 156 valence electrons. The van der Waals surface area contributed by atoms with Crippen LogP contribution in [0.3, 0.4) is 0 Å². The summed E-state index contributed by atoms with van der Waals surface area (Å²) in [6, 6.07) is 18.9. The van der Waals surface area contributed by atoms with Gasteiger partial charge in [0, 0.05) is 16.7 Å². The first-order valence-electron chi connectivity index (χ1n) is 9.97. The quantitative estimate of drug-likeness (QED) is 0.659. The van der Waals surface area contributed by atoms with Crippen LogP contribution in [0.2, 0.25) is 0 Å². The van der Waals surface area contributed by atoms with E-state index >= 15 is 0 Å². The molecule has 0 unspecified atom stereocenters. The van der Waals surface area contributed by atoms with Gasteiger partial charge in [0.15, 0.2) is 11.9 Å². The SMILES string of the molecule is Cc1ccccc1C(=O)CN1C(=O)[C@@H](N)N=C(c2ccccc2F)c2cccc(C)c21. The van der Waals surface area contributed by atoms with E-state index in [1.54, 1.807) is 36.4 Å². The Morgan fingerprint density at radius 2 is 1.61 bits per heavy atom. The Hall–Kier alpha value is -3.64. The van der Waals surface area contributed by atoms with Crippen LogP contribution in [0.5, 0.6) is 0 Å². The van der Waals surface area contributed by atoms with Crippen LogP contribution < -0.4 is 10.6 Å². The van der Waals surface area contributed by atoms with Crippen molar-refractivity contribution < 1.29 is 14.0 Å². The summed E-state index contributed by atoms with van der Waals surface area (Å²) < 4.78 is 14.6. The Labute approximate surface area is 180 Å². The molecule has 0 spiro atoms. The monoisotopic (exact) mass is 415 g/mol. The number of ketones is 1. The number of Topliss-reactive ketones (excluding diaryl/α,β-unsaturated/α-hetero) is 1. The second-order valence-corrected chi connectivity index (χ2v) is 7.54. The van der Waals surface area contributed by atoms with Crippen molar-refractivity contribution in [2.45, 2.75) is 20.0 Å². The van der Waals surface area contributed by atoms with Gasteiger partial charge in [-0.3, -0.25) is 14.6 Å². The molecule has 1 aliphatic heterocycles. The molecule has 3 aromatic rings. The van der Waals surface area contributed by atoms with Crippen molar-refractivity contribution in [1.82, 2.24) is 0 Å². The summed E-state index contributed by atoms with van der Waals surface area (Å²) in [6.45, 7) is 3.50. The molecule has 0 bridgehead atoms. The van der Waals surface area contributed by atoms with E-state index in [1.807, 2.05) is 38.1 Å². The smallest absolute Gasteiger partial charge is 0.266 e. The fourth-order valence-electron chi connectivity index (χ4n) is 3.88. The van der Waals surface area contributed by atoms with E-state index in [4.69, 9.17) is 5.73 Å². The van der Waals surface area contributed by atoms with E-state index in [0.717, 1.165) is 11.1 Å². The zero-order valence-corrected chi connectivity index (χ0v) is 17.3. The van der Waals surface area contributed by atoms with E-state index in [9.17, 15) is 14.0 Å². The van der Waals surface area contributed by atoms with Crippen LogP contribution in [0, 0.1) is 19.7 Å². The van der Waals surface area contributed by atoms with E-state index in [1.165, 1.54) is 11.0 Å².